The lowest BCUT2D eigenvalue weighted by Gasteiger charge is -2.24. The number of carbonyl (C=O) groups is 2. The van der Waals surface area contributed by atoms with Crippen LogP contribution in [0, 0.1) is 6.92 Å². The highest BCUT2D eigenvalue weighted by atomic mass is 35.5. The van der Waals surface area contributed by atoms with Crippen molar-refractivity contribution in [2.45, 2.75) is 38.6 Å². The summed E-state index contributed by atoms with van der Waals surface area (Å²) < 4.78 is 2.10. The molecule has 2 aliphatic heterocycles. The number of anilines is 1. The molecule has 0 bridgehead atoms. The Kier molecular flexibility index (Phi) is 5.04. The summed E-state index contributed by atoms with van der Waals surface area (Å²) in [4.78, 5) is 24.5. The molecule has 0 aliphatic carbocycles. The molecule has 2 saturated heterocycles. The Morgan fingerprint density at radius 1 is 1.29 bits per heavy atom. The zero-order chi connectivity index (χ0) is 17.1. The monoisotopic (exact) mass is 349 g/mol. The topological polar surface area (TPSA) is 73.2 Å². The van der Waals surface area contributed by atoms with Gasteiger partial charge in [0, 0.05) is 10.7 Å². The van der Waals surface area contributed by atoms with Gasteiger partial charge < -0.3 is 5.32 Å². The van der Waals surface area contributed by atoms with E-state index < -0.39 is 6.04 Å². The van der Waals surface area contributed by atoms with Gasteiger partial charge in [0.15, 0.2) is 6.04 Å². The molecule has 2 amide bonds. The number of guanidine groups is 1. The Hall–Kier alpha value is -2.08. The minimum absolute atomic E-state index is 0.114. The Labute approximate surface area is 146 Å². The van der Waals surface area contributed by atoms with Gasteiger partial charge >= 0.3 is 5.96 Å². The van der Waals surface area contributed by atoms with Crippen LogP contribution in [0.5, 0.6) is 0 Å². The minimum atomic E-state index is -0.587. The van der Waals surface area contributed by atoms with E-state index in [1.807, 2.05) is 13.0 Å². The zero-order valence-corrected chi connectivity index (χ0v) is 14.4. The highest BCUT2D eigenvalue weighted by molar-refractivity contribution is 6.31. The summed E-state index contributed by atoms with van der Waals surface area (Å²) in [7, 11) is 0. The lowest BCUT2D eigenvalue weighted by Crippen LogP contribution is -2.60. The molecule has 2 heterocycles. The molecule has 7 heteroatoms. The van der Waals surface area contributed by atoms with E-state index in [-0.39, 0.29) is 18.2 Å². The molecule has 6 nitrogen and oxygen atoms in total. The van der Waals surface area contributed by atoms with Gasteiger partial charge in [0.1, 0.15) is 0 Å². The number of amides is 2. The first-order valence-electron chi connectivity index (χ1n) is 8.28. The molecular formula is C17H22ClN4O2+. The van der Waals surface area contributed by atoms with E-state index in [1.165, 1.54) is 6.42 Å². The highest BCUT2D eigenvalue weighted by Crippen LogP contribution is 2.20. The highest BCUT2D eigenvalue weighted by Gasteiger charge is 2.35. The van der Waals surface area contributed by atoms with Gasteiger partial charge in [-0.3, -0.25) is 19.5 Å². The molecule has 2 fully saturated rings. The van der Waals surface area contributed by atoms with Crippen molar-refractivity contribution in [2.75, 3.05) is 18.4 Å². The van der Waals surface area contributed by atoms with Crippen LogP contribution in [-0.2, 0) is 9.59 Å². The predicted molar refractivity (Wildman–Crippen MR) is 93.4 cm³/mol. The van der Waals surface area contributed by atoms with E-state index >= 15 is 0 Å². The third-order valence-electron chi connectivity index (χ3n) is 4.39. The SMILES string of the molecule is Cc1ccc(NC(=O)[C@@H]2CC(=O)NC(=[N+]3CCCCC3)N2)cc1Cl. The molecule has 0 aromatic heterocycles. The van der Waals surface area contributed by atoms with Gasteiger partial charge in [-0.2, -0.15) is 0 Å². The number of aryl methyl sites for hydroxylation is 1. The zero-order valence-electron chi connectivity index (χ0n) is 13.7. The van der Waals surface area contributed by atoms with Crippen molar-refractivity contribution in [1.29, 1.82) is 0 Å². The minimum Gasteiger partial charge on any atom is -0.323 e. The van der Waals surface area contributed by atoms with Crippen LogP contribution in [0.1, 0.15) is 31.2 Å². The maximum Gasteiger partial charge on any atom is 0.353 e. The van der Waals surface area contributed by atoms with Gasteiger partial charge in [-0.15, -0.1) is 0 Å². The van der Waals surface area contributed by atoms with Crippen molar-refractivity contribution < 1.29 is 14.2 Å². The summed E-state index contributed by atoms with van der Waals surface area (Å²) in [5, 5.41) is 9.43. The van der Waals surface area contributed by atoms with Crippen molar-refractivity contribution in [1.82, 2.24) is 10.6 Å². The lowest BCUT2D eigenvalue weighted by atomic mass is 10.1. The van der Waals surface area contributed by atoms with E-state index in [0.717, 1.165) is 31.5 Å². The van der Waals surface area contributed by atoms with Crippen LogP contribution in [0.2, 0.25) is 5.02 Å². The number of nitrogens with one attached hydrogen (secondary N) is 3. The molecule has 0 unspecified atom stereocenters. The second-order valence-electron chi connectivity index (χ2n) is 6.30. The van der Waals surface area contributed by atoms with Crippen LogP contribution in [0.15, 0.2) is 18.2 Å². The molecule has 1 atom stereocenters. The number of carbonyl (C=O) groups excluding carboxylic acids is 2. The van der Waals surface area contributed by atoms with E-state index in [2.05, 4.69) is 20.5 Å². The normalized spacial score (nSPS) is 21.1. The standard InChI is InChI=1S/C17H21ClN4O2/c1-11-5-6-12(9-13(11)18)19-16(24)14-10-15(23)21-17(20-14)22-7-3-2-4-8-22/h5-6,9,14H,2-4,7-8,10H2,1H3,(H2,19,20,21,23,24)/p+1/t14-/m0/s1. The number of halogens is 1. The number of nitrogens with zero attached hydrogens (tertiary/aromatic N) is 1. The summed E-state index contributed by atoms with van der Waals surface area (Å²) in [6, 6.07) is 4.78. The van der Waals surface area contributed by atoms with Crippen LogP contribution in [0.25, 0.3) is 0 Å². The third kappa shape index (κ3) is 3.87. The van der Waals surface area contributed by atoms with Crippen molar-refractivity contribution in [3.8, 4) is 0 Å². The number of rotatable bonds is 2. The smallest absolute Gasteiger partial charge is 0.323 e. The summed E-state index contributed by atoms with van der Waals surface area (Å²) in [5.41, 5.74) is 1.58. The van der Waals surface area contributed by atoms with Crippen molar-refractivity contribution in [3.63, 3.8) is 0 Å². The van der Waals surface area contributed by atoms with Crippen molar-refractivity contribution in [3.05, 3.63) is 28.8 Å². The van der Waals surface area contributed by atoms with Crippen LogP contribution < -0.4 is 16.0 Å². The molecule has 2 aliphatic rings. The molecule has 3 rings (SSSR count). The van der Waals surface area contributed by atoms with Crippen molar-refractivity contribution in [2.24, 2.45) is 0 Å². The van der Waals surface area contributed by atoms with Crippen LogP contribution in [0.3, 0.4) is 0 Å². The molecule has 1 aromatic rings. The summed E-state index contributed by atoms with van der Waals surface area (Å²) >= 11 is 6.09. The fraction of sp³-hybridized carbons (Fsp3) is 0.471. The fourth-order valence-electron chi connectivity index (χ4n) is 2.97. The Morgan fingerprint density at radius 3 is 2.75 bits per heavy atom. The van der Waals surface area contributed by atoms with E-state index in [4.69, 9.17) is 11.6 Å². The van der Waals surface area contributed by atoms with Crippen LogP contribution in [-0.4, -0.2) is 41.5 Å². The van der Waals surface area contributed by atoms with Gasteiger partial charge in [0.05, 0.1) is 19.5 Å². The van der Waals surface area contributed by atoms with Gasteiger partial charge in [-0.05, 0) is 43.9 Å². The van der Waals surface area contributed by atoms with Gasteiger partial charge in [0.25, 0.3) is 11.8 Å². The molecule has 0 radical (unpaired) electrons. The first-order chi connectivity index (χ1) is 11.5. The lowest BCUT2D eigenvalue weighted by molar-refractivity contribution is -0.541. The van der Waals surface area contributed by atoms with E-state index in [9.17, 15) is 9.59 Å². The van der Waals surface area contributed by atoms with E-state index in [0.29, 0.717) is 16.7 Å². The first-order valence-corrected chi connectivity index (χ1v) is 8.66. The molecular weight excluding hydrogens is 328 g/mol. The average Bonchev–Trinajstić information content (AvgIpc) is 2.58. The van der Waals surface area contributed by atoms with Crippen LogP contribution >= 0.6 is 11.6 Å². The largest absolute Gasteiger partial charge is 0.353 e. The summed E-state index contributed by atoms with van der Waals surface area (Å²) in [6.07, 6.45) is 3.51. The van der Waals surface area contributed by atoms with Gasteiger partial charge in [0.2, 0.25) is 0 Å². The Bertz CT molecular complexity index is 694. The third-order valence-corrected chi connectivity index (χ3v) is 4.79. The molecule has 1 aromatic carbocycles. The Morgan fingerprint density at radius 2 is 2.04 bits per heavy atom. The predicted octanol–water partition coefficient (Wildman–Crippen LogP) is 1.62. The number of hydrogen-bond acceptors (Lipinski definition) is 2. The number of benzene rings is 1. The Balaban J connectivity index is 1.71. The second kappa shape index (κ2) is 7.21. The van der Waals surface area contributed by atoms with Gasteiger partial charge in [-0.1, -0.05) is 17.7 Å². The molecule has 0 spiro atoms. The molecule has 24 heavy (non-hydrogen) atoms. The second-order valence-corrected chi connectivity index (χ2v) is 6.71. The first kappa shape index (κ1) is 16.8. The quantitative estimate of drug-likeness (QED) is 0.710. The molecule has 0 saturated carbocycles. The molecule has 128 valence electrons. The maximum absolute atomic E-state index is 12.5. The number of piperidine rings is 1. The number of hydrogen-bond donors (Lipinski definition) is 3. The molecule has 3 N–H and O–H groups in total. The van der Waals surface area contributed by atoms with Crippen molar-refractivity contribution >= 4 is 35.1 Å². The van der Waals surface area contributed by atoms with Crippen LogP contribution in [0.4, 0.5) is 5.69 Å². The maximum atomic E-state index is 12.5. The summed E-state index contributed by atoms with van der Waals surface area (Å²) in [5.74, 6) is 0.267. The van der Waals surface area contributed by atoms with Gasteiger partial charge in [-0.25, -0.2) is 5.32 Å². The average molecular weight is 350 g/mol. The fourth-order valence-corrected chi connectivity index (χ4v) is 3.15. The summed E-state index contributed by atoms with van der Waals surface area (Å²) in [6.45, 7) is 3.69. The van der Waals surface area contributed by atoms with E-state index in [1.54, 1.807) is 12.1 Å².